The number of anilines is 1. The molecule has 0 bridgehead atoms. The highest BCUT2D eigenvalue weighted by molar-refractivity contribution is 6.04. The van der Waals surface area contributed by atoms with E-state index in [0.29, 0.717) is 22.9 Å². The van der Waals surface area contributed by atoms with Gasteiger partial charge in [0, 0.05) is 13.1 Å². The molecule has 1 saturated heterocycles. The van der Waals surface area contributed by atoms with Crippen molar-refractivity contribution < 1.29 is 14.3 Å². The van der Waals surface area contributed by atoms with Crippen LogP contribution >= 0.6 is 0 Å². The first-order valence-electron chi connectivity index (χ1n) is 10.7. The number of nitrogens with zero attached hydrogens (tertiary/aromatic N) is 1. The molecule has 0 saturated carbocycles. The molecule has 1 fully saturated rings. The van der Waals surface area contributed by atoms with E-state index in [1.807, 2.05) is 41.3 Å². The number of rotatable bonds is 5. The predicted molar refractivity (Wildman–Crippen MR) is 120 cm³/mol. The highest BCUT2D eigenvalue weighted by Gasteiger charge is 2.24. The van der Waals surface area contributed by atoms with E-state index < -0.39 is 0 Å². The first-order chi connectivity index (χ1) is 14.3. The number of carbonyl (C=O) groups is 2. The number of amides is 2. The van der Waals surface area contributed by atoms with E-state index in [-0.39, 0.29) is 23.8 Å². The molecular formula is C25H32N2O3. The molecule has 0 spiro atoms. The topological polar surface area (TPSA) is 58.6 Å². The standard InChI is InChI=1S/C25H32N2O3/c1-18-13-15-27(16-14-18)24(29)19-9-5-7-11-21(19)26-23(28)17-30-22-12-8-6-10-20(22)25(2,3)4/h5-12,18H,13-17H2,1-4H3,(H,26,28). The lowest BCUT2D eigenvalue weighted by molar-refractivity contribution is -0.118. The highest BCUT2D eigenvalue weighted by atomic mass is 16.5. The van der Waals surface area contributed by atoms with Gasteiger partial charge in [-0.3, -0.25) is 9.59 Å². The summed E-state index contributed by atoms with van der Waals surface area (Å²) in [4.78, 5) is 27.4. The van der Waals surface area contributed by atoms with E-state index in [1.165, 1.54) is 0 Å². The van der Waals surface area contributed by atoms with Crippen LogP contribution in [0.1, 0.15) is 56.5 Å². The third-order valence-corrected chi connectivity index (χ3v) is 5.56. The fraction of sp³-hybridized carbons (Fsp3) is 0.440. The summed E-state index contributed by atoms with van der Waals surface area (Å²) in [6.45, 7) is 9.95. The number of para-hydroxylation sites is 2. The maximum absolute atomic E-state index is 13.0. The molecule has 2 aromatic carbocycles. The molecule has 0 aromatic heterocycles. The Kier molecular flexibility index (Phi) is 6.80. The SMILES string of the molecule is CC1CCN(C(=O)c2ccccc2NC(=O)COc2ccccc2C(C)(C)C)CC1. The van der Waals surface area contributed by atoms with Gasteiger partial charge in [0.2, 0.25) is 0 Å². The second-order valence-corrected chi connectivity index (χ2v) is 9.10. The van der Waals surface area contributed by atoms with E-state index >= 15 is 0 Å². The number of piperidine rings is 1. The molecule has 160 valence electrons. The van der Waals surface area contributed by atoms with Crippen molar-refractivity contribution >= 4 is 17.5 Å². The van der Waals surface area contributed by atoms with Crippen molar-refractivity contribution in [3.63, 3.8) is 0 Å². The van der Waals surface area contributed by atoms with Crippen LogP contribution in [0.4, 0.5) is 5.69 Å². The van der Waals surface area contributed by atoms with Crippen LogP contribution in [0.15, 0.2) is 48.5 Å². The maximum Gasteiger partial charge on any atom is 0.262 e. The van der Waals surface area contributed by atoms with Crippen LogP contribution in [0.25, 0.3) is 0 Å². The normalized spacial score (nSPS) is 15.0. The summed E-state index contributed by atoms with van der Waals surface area (Å²) < 4.78 is 5.82. The lowest BCUT2D eigenvalue weighted by Gasteiger charge is -2.30. The Hall–Kier alpha value is -2.82. The maximum atomic E-state index is 13.0. The molecule has 0 radical (unpaired) electrons. The summed E-state index contributed by atoms with van der Waals surface area (Å²) in [6, 6.07) is 14.9. The molecule has 2 aromatic rings. The number of ether oxygens (including phenoxy) is 1. The first kappa shape index (κ1) is 21.9. The number of benzene rings is 2. The van der Waals surface area contributed by atoms with Crippen molar-refractivity contribution in [3.8, 4) is 5.75 Å². The lowest BCUT2D eigenvalue weighted by Crippen LogP contribution is -2.38. The fourth-order valence-corrected chi connectivity index (χ4v) is 3.70. The summed E-state index contributed by atoms with van der Waals surface area (Å²) >= 11 is 0. The van der Waals surface area contributed by atoms with Gasteiger partial charge in [-0.15, -0.1) is 0 Å². The second-order valence-electron chi connectivity index (χ2n) is 9.10. The van der Waals surface area contributed by atoms with E-state index in [9.17, 15) is 9.59 Å². The molecule has 0 unspecified atom stereocenters. The number of likely N-dealkylation sites (tertiary alicyclic amines) is 1. The molecule has 1 heterocycles. The Morgan fingerprint density at radius 3 is 2.37 bits per heavy atom. The van der Waals surface area contributed by atoms with Crippen molar-refractivity contribution in [2.45, 2.75) is 46.0 Å². The van der Waals surface area contributed by atoms with Gasteiger partial charge in [-0.25, -0.2) is 0 Å². The second kappa shape index (κ2) is 9.33. The number of hydrogen-bond donors (Lipinski definition) is 1. The average molecular weight is 409 g/mol. The van der Waals surface area contributed by atoms with Crippen LogP contribution in [0.3, 0.4) is 0 Å². The molecule has 5 nitrogen and oxygen atoms in total. The largest absolute Gasteiger partial charge is 0.483 e. The van der Waals surface area contributed by atoms with Gasteiger partial charge < -0.3 is 15.0 Å². The quantitative estimate of drug-likeness (QED) is 0.768. The zero-order valence-corrected chi connectivity index (χ0v) is 18.4. The van der Waals surface area contributed by atoms with Gasteiger partial charge in [0.1, 0.15) is 5.75 Å². The van der Waals surface area contributed by atoms with Gasteiger partial charge in [-0.1, -0.05) is 58.0 Å². The fourth-order valence-electron chi connectivity index (χ4n) is 3.70. The van der Waals surface area contributed by atoms with E-state index in [0.717, 1.165) is 31.5 Å². The summed E-state index contributed by atoms with van der Waals surface area (Å²) in [6.07, 6.45) is 2.03. The van der Waals surface area contributed by atoms with Crippen LogP contribution in [0.5, 0.6) is 5.75 Å². The summed E-state index contributed by atoms with van der Waals surface area (Å²) in [5.74, 6) is 1.03. The smallest absolute Gasteiger partial charge is 0.262 e. The van der Waals surface area contributed by atoms with Crippen molar-refractivity contribution in [1.82, 2.24) is 4.90 Å². The third-order valence-electron chi connectivity index (χ3n) is 5.56. The van der Waals surface area contributed by atoms with Crippen LogP contribution in [-0.2, 0) is 10.2 Å². The predicted octanol–water partition coefficient (Wildman–Crippen LogP) is 4.87. The molecule has 0 aliphatic carbocycles. The summed E-state index contributed by atoms with van der Waals surface area (Å²) in [5, 5.41) is 2.86. The minimum absolute atomic E-state index is 0.0307. The van der Waals surface area contributed by atoms with E-state index in [2.05, 4.69) is 33.0 Å². The van der Waals surface area contributed by atoms with Gasteiger partial charge >= 0.3 is 0 Å². The van der Waals surface area contributed by atoms with Crippen molar-refractivity contribution in [2.24, 2.45) is 5.92 Å². The third kappa shape index (κ3) is 5.41. The Bertz CT molecular complexity index is 893. The molecule has 2 amide bonds. The molecule has 5 heteroatoms. The minimum Gasteiger partial charge on any atom is -0.483 e. The Balaban J connectivity index is 1.66. The molecule has 1 aliphatic heterocycles. The average Bonchev–Trinajstić information content (AvgIpc) is 2.72. The van der Waals surface area contributed by atoms with Crippen molar-refractivity contribution in [1.29, 1.82) is 0 Å². The summed E-state index contributed by atoms with van der Waals surface area (Å²) in [7, 11) is 0. The molecule has 1 N–H and O–H groups in total. The van der Waals surface area contributed by atoms with E-state index in [1.54, 1.807) is 12.1 Å². The van der Waals surface area contributed by atoms with Crippen LogP contribution < -0.4 is 10.1 Å². The number of nitrogens with one attached hydrogen (secondary N) is 1. The Morgan fingerprint density at radius 1 is 1.03 bits per heavy atom. The van der Waals surface area contributed by atoms with Gasteiger partial charge in [0.05, 0.1) is 11.3 Å². The Labute approximate surface area is 179 Å². The zero-order valence-electron chi connectivity index (χ0n) is 18.4. The van der Waals surface area contributed by atoms with Gasteiger partial charge in [-0.2, -0.15) is 0 Å². The van der Waals surface area contributed by atoms with Gasteiger partial charge in [0.15, 0.2) is 6.61 Å². The van der Waals surface area contributed by atoms with Crippen LogP contribution in [0.2, 0.25) is 0 Å². The Morgan fingerprint density at radius 2 is 1.67 bits per heavy atom. The molecule has 0 atom stereocenters. The molecule has 1 aliphatic rings. The lowest BCUT2D eigenvalue weighted by atomic mass is 9.86. The minimum atomic E-state index is -0.286. The van der Waals surface area contributed by atoms with Gasteiger partial charge in [-0.05, 0) is 47.9 Å². The first-order valence-corrected chi connectivity index (χ1v) is 10.7. The zero-order chi connectivity index (χ0) is 21.7. The summed E-state index contributed by atoms with van der Waals surface area (Å²) in [5.41, 5.74) is 2.01. The number of hydrogen-bond acceptors (Lipinski definition) is 3. The van der Waals surface area contributed by atoms with Gasteiger partial charge in [0.25, 0.3) is 11.8 Å². The molecule has 3 rings (SSSR count). The molecule has 30 heavy (non-hydrogen) atoms. The van der Waals surface area contributed by atoms with Crippen LogP contribution in [0, 0.1) is 5.92 Å². The monoisotopic (exact) mass is 408 g/mol. The number of carbonyl (C=O) groups excluding carboxylic acids is 2. The van der Waals surface area contributed by atoms with Crippen molar-refractivity contribution in [2.75, 3.05) is 25.0 Å². The van der Waals surface area contributed by atoms with E-state index in [4.69, 9.17) is 4.74 Å². The molecular weight excluding hydrogens is 376 g/mol. The van der Waals surface area contributed by atoms with Crippen LogP contribution in [-0.4, -0.2) is 36.4 Å². The van der Waals surface area contributed by atoms with Crippen molar-refractivity contribution in [3.05, 3.63) is 59.7 Å². The highest BCUT2D eigenvalue weighted by Crippen LogP contribution is 2.31.